The Labute approximate surface area is 110 Å². The Morgan fingerprint density at radius 3 is 2.16 bits per heavy atom. The standard InChI is InChI=1S/C14H17F3O2/c1-5-6-9(2)10-7-13(19-4)11(14(15,16)17)8-12(10)18-3/h6-8H,5H2,1-4H3/b9-6+. The van der Waals surface area contributed by atoms with E-state index in [0.29, 0.717) is 5.56 Å². The summed E-state index contributed by atoms with van der Waals surface area (Å²) in [6.07, 6.45) is -1.76. The molecule has 0 unspecified atom stereocenters. The summed E-state index contributed by atoms with van der Waals surface area (Å²) in [5.41, 5.74) is 0.625. The van der Waals surface area contributed by atoms with Crippen molar-refractivity contribution in [1.82, 2.24) is 0 Å². The van der Waals surface area contributed by atoms with Crippen molar-refractivity contribution in [3.8, 4) is 11.5 Å². The number of benzene rings is 1. The molecule has 0 saturated carbocycles. The van der Waals surface area contributed by atoms with Crippen LogP contribution < -0.4 is 9.47 Å². The van der Waals surface area contributed by atoms with Crippen LogP contribution in [0.15, 0.2) is 18.2 Å². The average Bonchev–Trinajstić information content (AvgIpc) is 2.36. The highest BCUT2D eigenvalue weighted by Gasteiger charge is 2.35. The molecule has 0 amide bonds. The van der Waals surface area contributed by atoms with Gasteiger partial charge in [-0.3, -0.25) is 0 Å². The van der Waals surface area contributed by atoms with E-state index in [1.165, 1.54) is 20.3 Å². The molecule has 0 aliphatic rings. The van der Waals surface area contributed by atoms with Gasteiger partial charge in [0.15, 0.2) is 0 Å². The summed E-state index contributed by atoms with van der Waals surface area (Å²) in [6, 6.07) is 2.34. The van der Waals surface area contributed by atoms with Crippen LogP contribution in [0, 0.1) is 0 Å². The molecule has 0 aliphatic heterocycles. The maximum atomic E-state index is 12.9. The van der Waals surface area contributed by atoms with Crippen LogP contribution in [-0.2, 0) is 6.18 Å². The lowest BCUT2D eigenvalue weighted by molar-refractivity contribution is -0.138. The van der Waals surface area contributed by atoms with E-state index in [4.69, 9.17) is 9.47 Å². The van der Waals surface area contributed by atoms with Gasteiger partial charge in [0.2, 0.25) is 0 Å². The molecule has 19 heavy (non-hydrogen) atoms. The van der Waals surface area contributed by atoms with E-state index in [2.05, 4.69) is 0 Å². The van der Waals surface area contributed by atoms with Crippen molar-refractivity contribution < 1.29 is 22.6 Å². The second-order valence-electron chi connectivity index (χ2n) is 4.05. The molecular formula is C14H17F3O2. The Morgan fingerprint density at radius 2 is 1.74 bits per heavy atom. The van der Waals surface area contributed by atoms with E-state index < -0.39 is 11.7 Å². The van der Waals surface area contributed by atoms with E-state index in [-0.39, 0.29) is 11.5 Å². The van der Waals surface area contributed by atoms with Crippen molar-refractivity contribution in [3.63, 3.8) is 0 Å². The van der Waals surface area contributed by atoms with E-state index in [1.54, 1.807) is 0 Å². The Kier molecular flexibility index (Phi) is 4.86. The summed E-state index contributed by atoms with van der Waals surface area (Å²) in [5.74, 6) is -0.0116. The van der Waals surface area contributed by atoms with Gasteiger partial charge >= 0.3 is 6.18 Å². The molecule has 106 valence electrons. The maximum Gasteiger partial charge on any atom is 0.420 e. The molecule has 0 aromatic heterocycles. The van der Waals surface area contributed by atoms with Crippen molar-refractivity contribution in [2.24, 2.45) is 0 Å². The third-order valence-electron chi connectivity index (χ3n) is 2.76. The topological polar surface area (TPSA) is 18.5 Å². The molecule has 0 bridgehead atoms. The van der Waals surface area contributed by atoms with Crippen molar-refractivity contribution in [2.75, 3.05) is 14.2 Å². The molecule has 0 fully saturated rings. The Hall–Kier alpha value is -1.65. The number of methoxy groups -OCH3 is 2. The van der Waals surface area contributed by atoms with Gasteiger partial charge in [-0.15, -0.1) is 0 Å². The van der Waals surface area contributed by atoms with Gasteiger partial charge in [-0.25, -0.2) is 0 Å². The van der Waals surface area contributed by atoms with E-state index in [1.807, 2.05) is 19.9 Å². The second-order valence-corrected chi connectivity index (χ2v) is 4.05. The lowest BCUT2D eigenvalue weighted by Crippen LogP contribution is -2.08. The molecule has 0 spiro atoms. The molecule has 0 heterocycles. The van der Waals surface area contributed by atoms with E-state index in [0.717, 1.165) is 18.1 Å². The van der Waals surface area contributed by atoms with Gasteiger partial charge in [-0.2, -0.15) is 13.2 Å². The van der Waals surface area contributed by atoms with E-state index >= 15 is 0 Å². The van der Waals surface area contributed by atoms with Crippen LogP contribution in [0.2, 0.25) is 0 Å². The number of allylic oxidation sites excluding steroid dienone is 2. The molecule has 1 aromatic carbocycles. The SMILES string of the molecule is CC/C=C(\C)c1cc(OC)c(C(F)(F)F)cc1OC. The zero-order valence-electron chi connectivity index (χ0n) is 11.4. The van der Waals surface area contributed by atoms with Crippen LogP contribution in [0.5, 0.6) is 11.5 Å². The Bertz CT molecular complexity index is 476. The smallest absolute Gasteiger partial charge is 0.420 e. The molecule has 2 nitrogen and oxygen atoms in total. The summed E-state index contributed by atoms with van der Waals surface area (Å²) in [6.45, 7) is 3.78. The first-order valence-electron chi connectivity index (χ1n) is 5.85. The fourth-order valence-electron chi connectivity index (χ4n) is 1.84. The fourth-order valence-corrected chi connectivity index (χ4v) is 1.84. The van der Waals surface area contributed by atoms with Gasteiger partial charge in [-0.05, 0) is 31.1 Å². The van der Waals surface area contributed by atoms with Crippen LogP contribution in [0.25, 0.3) is 5.57 Å². The first-order valence-corrected chi connectivity index (χ1v) is 5.85. The maximum absolute atomic E-state index is 12.9. The zero-order valence-corrected chi connectivity index (χ0v) is 11.4. The number of ether oxygens (including phenoxy) is 2. The third-order valence-corrected chi connectivity index (χ3v) is 2.76. The van der Waals surface area contributed by atoms with Gasteiger partial charge in [0.05, 0.1) is 14.2 Å². The number of hydrogen-bond acceptors (Lipinski definition) is 2. The number of hydrogen-bond donors (Lipinski definition) is 0. The minimum Gasteiger partial charge on any atom is -0.496 e. The summed E-state index contributed by atoms with van der Waals surface area (Å²) in [4.78, 5) is 0. The number of halogens is 3. The second kappa shape index (κ2) is 5.99. The highest BCUT2D eigenvalue weighted by atomic mass is 19.4. The number of alkyl halides is 3. The van der Waals surface area contributed by atoms with Crippen LogP contribution >= 0.6 is 0 Å². The molecular weight excluding hydrogens is 257 g/mol. The van der Waals surface area contributed by atoms with Crippen molar-refractivity contribution in [3.05, 3.63) is 29.3 Å². The molecule has 5 heteroatoms. The minimum absolute atomic E-state index is 0.190. The van der Waals surface area contributed by atoms with Gasteiger partial charge in [0, 0.05) is 5.56 Å². The van der Waals surface area contributed by atoms with Gasteiger partial charge < -0.3 is 9.47 Å². The first-order chi connectivity index (χ1) is 8.85. The van der Waals surface area contributed by atoms with Crippen LogP contribution in [-0.4, -0.2) is 14.2 Å². The predicted octanol–water partition coefficient (Wildman–Crippen LogP) is 4.54. The first kappa shape index (κ1) is 15.4. The highest BCUT2D eigenvalue weighted by Crippen LogP contribution is 2.41. The molecule has 0 N–H and O–H groups in total. The van der Waals surface area contributed by atoms with Crippen LogP contribution in [0.4, 0.5) is 13.2 Å². The molecule has 1 aromatic rings. The predicted molar refractivity (Wildman–Crippen MR) is 68.5 cm³/mol. The normalized spacial score (nSPS) is 12.5. The van der Waals surface area contributed by atoms with Gasteiger partial charge in [0.25, 0.3) is 0 Å². The van der Waals surface area contributed by atoms with E-state index in [9.17, 15) is 13.2 Å². The van der Waals surface area contributed by atoms with Crippen LogP contribution in [0.1, 0.15) is 31.4 Å². The summed E-state index contributed by atoms with van der Waals surface area (Å²) in [7, 11) is 2.57. The van der Waals surface area contributed by atoms with Crippen LogP contribution in [0.3, 0.4) is 0 Å². The lowest BCUT2D eigenvalue weighted by atomic mass is 10.0. The minimum atomic E-state index is -4.47. The summed E-state index contributed by atoms with van der Waals surface area (Å²) in [5, 5.41) is 0. The molecule has 1 rings (SSSR count). The monoisotopic (exact) mass is 274 g/mol. The van der Waals surface area contributed by atoms with Crippen molar-refractivity contribution in [2.45, 2.75) is 26.4 Å². The molecule has 0 aliphatic carbocycles. The highest BCUT2D eigenvalue weighted by molar-refractivity contribution is 5.71. The molecule has 0 saturated heterocycles. The Balaban J connectivity index is 3.48. The quantitative estimate of drug-likeness (QED) is 0.802. The van der Waals surface area contributed by atoms with Crippen molar-refractivity contribution in [1.29, 1.82) is 0 Å². The average molecular weight is 274 g/mol. The Morgan fingerprint density at radius 1 is 1.16 bits per heavy atom. The van der Waals surface area contributed by atoms with Gasteiger partial charge in [-0.1, -0.05) is 13.0 Å². The lowest BCUT2D eigenvalue weighted by Gasteiger charge is -2.17. The summed E-state index contributed by atoms with van der Waals surface area (Å²) < 4.78 is 48.5. The summed E-state index contributed by atoms with van der Waals surface area (Å²) >= 11 is 0. The number of rotatable bonds is 4. The fraction of sp³-hybridized carbons (Fsp3) is 0.429. The third kappa shape index (κ3) is 3.43. The molecule has 0 radical (unpaired) electrons. The van der Waals surface area contributed by atoms with Gasteiger partial charge in [0.1, 0.15) is 17.1 Å². The zero-order chi connectivity index (χ0) is 14.6. The van der Waals surface area contributed by atoms with Crippen molar-refractivity contribution >= 4 is 5.57 Å². The largest absolute Gasteiger partial charge is 0.496 e. The molecule has 0 atom stereocenters.